The number of nitriles is 1. The zero-order valence-electron chi connectivity index (χ0n) is 8.89. The third kappa shape index (κ3) is 1.38. The van der Waals surface area contributed by atoms with Crippen molar-refractivity contribution in [1.29, 1.82) is 5.26 Å². The predicted molar refractivity (Wildman–Crippen MR) is 58.7 cm³/mol. The van der Waals surface area contributed by atoms with E-state index < -0.39 is 0 Å². The molecule has 1 aliphatic heterocycles. The van der Waals surface area contributed by atoms with Gasteiger partial charge in [-0.25, -0.2) is 0 Å². The molecule has 1 saturated carbocycles. The second-order valence-corrected chi connectivity index (χ2v) is 4.62. The van der Waals surface area contributed by atoms with Gasteiger partial charge in [0.25, 0.3) is 5.91 Å². The molecule has 1 heterocycles. The van der Waals surface area contributed by atoms with Gasteiger partial charge in [-0.3, -0.25) is 4.79 Å². The predicted octanol–water partition coefficient (Wildman–Crippen LogP) is 1.65. The molecule has 0 spiro atoms. The Morgan fingerprint density at radius 1 is 1.31 bits per heavy atom. The van der Waals surface area contributed by atoms with Crippen LogP contribution in [0.15, 0.2) is 24.3 Å². The van der Waals surface area contributed by atoms with Gasteiger partial charge in [0.1, 0.15) is 0 Å². The average Bonchev–Trinajstić information content (AvgIpc) is 2.95. The molecule has 2 atom stereocenters. The number of fused-ring (bicyclic) bond motifs is 1. The van der Waals surface area contributed by atoms with Gasteiger partial charge in [-0.1, -0.05) is 12.1 Å². The number of rotatable bonds is 1. The number of hydrogen-bond acceptors (Lipinski definition) is 2. The second-order valence-electron chi connectivity index (χ2n) is 4.62. The fourth-order valence-corrected chi connectivity index (χ4v) is 2.50. The van der Waals surface area contributed by atoms with Crippen molar-refractivity contribution in [1.82, 2.24) is 4.90 Å². The molecule has 3 nitrogen and oxygen atoms in total. The smallest absolute Gasteiger partial charge is 0.255 e. The summed E-state index contributed by atoms with van der Waals surface area (Å²) in [6, 6.07) is 9.11. The summed E-state index contributed by atoms with van der Waals surface area (Å²) in [6.45, 7) is 1.76. The highest BCUT2D eigenvalue weighted by Gasteiger charge is 2.46. The summed E-state index contributed by atoms with van der Waals surface area (Å²) in [7, 11) is 0. The van der Waals surface area contributed by atoms with Crippen LogP contribution in [0.2, 0.25) is 0 Å². The van der Waals surface area contributed by atoms with Crippen molar-refractivity contribution in [3.8, 4) is 6.07 Å². The highest BCUT2D eigenvalue weighted by Crippen LogP contribution is 2.45. The van der Waals surface area contributed by atoms with Crippen LogP contribution in [-0.4, -0.2) is 23.9 Å². The first-order chi connectivity index (χ1) is 7.79. The number of piperidine rings is 1. The summed E-state index contributed by atoms with van der Waals surface area (Å²) in [4.78, 5) is 14.1. The van der Waals surface area contributed by atoms with Crippen molar-refractivity contribution < 1.29 is 4.79 Å². The first-order valence-electron chi connectivity index (χ1n) is 5.58. The van der Waals surface area contributed by atoms with Crippen molar-refractivity contribution in [2.24, 2.45) is 11.8 Å². The van der Waals surface area contributed by atoms with E-state index >= 15 is 0 Å². The largest absolute Gasteiger partial charge is 0.338 e. The van der Waals surface area contributed by atoms with E-state index in [9.17, 15) is 4.79 Å². The lowest BCUT2D eigenvalue weighted by atomic mass is 10.1. The number of hydrogen-bond donors (Lipinski definition) is 0. The molecule has 1 aromatic rings. The van der Waals surface area contributed by atoms with Gasteiger partial charge in [0, 0.05) is 13.1 Å². The van der Waals surface area contributed by atoms with E-state index in [0.717, 1.165) is 24.9 Å². The summed E-state index contributed by atoms with van der Waals surface area (Å²) in [5.74, 6) is 1.49. The average molecular weight is 212 g/mol. The summed E-state index contributed by atoms with van der Waals surface area (Å²) in [5.41, 5.74) is 1.03. The maximum Gasteiger partial charge on any atom is 0.255 e. The van der Waals surface area contributed by atoms with E-state index in [-0.39, 0.29) is 5.91 Å². The lowest BCUT2D eigenvalue weighted by Crippen LogP contribution is -2.30. The van der Waals surface area contributed by atoms with Crippen LogP contribution >= 0.6 is 0 Å². The van der Waals surface area contributed by atoms with Crippen molar-refractivity contribution in [3.63, 3.8) is 0 Å². The number of amides is 1. The van der Waals surface area contributed by atoms with E-state index in [1.807, 2.05) is 11.0 Å². The molecule has 16 heavy (non-hydrogen) atoms. The number of likely N-dealkylation sites (tertiary alicyclic amines) is 1. The van der Waals surface area contributed by atoms with E-state index in [4.69, 9.17) is 5.26 Å². The molecule has 3 rings (SSSR count). The number of carbonyl (C=O) groups is 1. The first kappa shape index (κ1) is 9.41. The maximum atomic E-state index is 12.2. The van der Waals surface area contributed by atoms with Crippen LogP contribution in [0.25, 0.3) is 0 Å². The van der Waals surface area contributed by atoms with Gasteiger partial charge in [0.2, 0.25) is 0 Å². The highest BCUT2D eigenvalue weighted by atomic mass is 16.2. The molecule has 80 valence electrons. The molecule has 2 unspecified atom stereocenters. The zero-order valence-corrected chi connectivity index (χ0v) is 8.89. The monoisotopic (exact) mass is 212 g/mol. The van der Waals surface area contributed by atoms with Crippen LogP contribution < -0.4 is 0 Å². The van der Waals surface area contributed by atoms with Crippen LogP contribution in [0.3, 0.4) is 0 Å². The topological polar surface area (TPSA) is 44.1 Å². The number of benzene rings is 1. The molecule has 1 saturated heterocycles. The van der Waals surface area contributed by atoms with Crippen molar-refractivity contribution in [2.45, 2.75) is 6.42 Å². The van der Waals surface area contributed by atoms with Gasteiger partial charge in [-0.2, -0.15) is 5.26 Å². The van der Waals surface area contributed by atoms with E-state index in [1.165, 1.54) is 6.42 Å². The quantitative estimate of drug-likeness (QED) is 0.710. The first-order valence-corrected chi connectivity index (χ1v) is 5.58. The van der Waals surface area contributed by atoms with Crippen LogP contribution in [0.5, 0.6) is 0 Å². The summed E-state index contributed by atoms with van der Waals surface area (Å²) in [6.07, 6.45) is 1.28. The lowest BCUT2D eigenvalue weighted by molar-refractivity contribution is 0.0775. The molecule has 1 amide bonds. The van der Waals surface area contributed by atoms with Gasteiger partial charge in [-0.15, -0.1) is 0 Å². The third-order valence-corrected chi connectivity index (χ3v) is 3.54. The van der Waals surface area contributed by atoms with Gasteiger partial charge in [0.15, 0.2) is 0 Å². The Balaban J connectivity index is 1.86. The van der Waals surface area contributed by atoms with Gasteiger partial charge < -0.3 is 4.90 Å². The van der Waals surface area contributed by atoms with Crippen molar-refractivity contribution in [2.75, 3.05) is 13.1 Å². The molecule has 3 heteroatoms. The summed E-state index contributed by atoms with van der Waals surface area (Å²) < 4.78 is 0. The van der Waals surface area contributed by atoms with E-state index in [1.54, 1.807) is 18.2 Å². The molecule has 0 N–H and O–H groups in total. The fourth-order valence-electron chi connectivity index (χ4n) is 2.50. The Hall–Kier alpha value is -1.82. The Labute approximate surface area is 94.3 Å². The minimum atomic E-state index is 0.0179. The van der Waals surface area contributed by atoms with Crippen LogP contribution in [0, 0.1) is 23.2 Å². The molecular weight excluding hydrogens is 200 g/mol. The van der Waals surface area contributed by atoms with Crippen LogP contribution in [-0.2, 0) is 0 Å². The van der Waals surface area contributed by atoms with Crippen LogP contribution in [0.4, 0.5) is 0 Å². The zero-order chi connectivity index (χ0) is 11.1. The van der Waals surface area contributed by atoms with Gasteiger partial charge in [0.05, 0.1) is 17.2 Å². The number of nitrogens with zero attached hydrogens (tertiary/aromatic N) is 2. The summed E-state index contributed by atoms with van der Waals surface area (Å²) >= 11 is 0. The fraction of sp³-hybridized carbons (Fsp3) is 0.385. The molecule has 1 aromatic carbocycles. The minimum Gasteiger partial charge on any atom is -0.338 e. The molecular formula is C13H12N2O. The molecule has 0 bridgehead atoms. The van der Waals surface area contributed by atoms with Gasteiger partial charge in [-0.05, 0) is 30.4 Å². The normalized spacial score (nSPS) is 26.1. The Morgan fingerprint density at radius 2 is 2.00 bits per heavy atom. The van der Waals surface area contributed by atoms with Crippen molar-refractivity contribution >= 4 is 5.91 Å². The second kappa shape index (κ2) is 3.34. The van der Waals surface area contributed by atoms with E-state index in [2.05, 4.69) is 6.07 Å². The van der Waals surface area contributed by atoms with Gasteiger partial charge >= 0.3 is 0 Å². The number of carbonyl (C=O) groups excluding carboxylic acids is 1. The Kier molecular flexibility index (Phi) is 1.97. The molecule has 0 radical (unpaired) electrons. The Morgan fingerprint density at radius 3 is 2.69 bits per heavy atom. The molecule has 1 aliphatic carbocycles. The third-order valence-electron chi connectivity index (χ3n) is 3.54. The molecule has 2 aliphatic rings. The lowest BCUT2D eigenvalue weighted by Gasteiger charge is -2.18. The highest BCUT2D eigenvalue weighted by molar-refractivity contribution is 5.96. The summed E-state index contributed by atoms with van der Waals surface area (Å²) in [5, 5.41) is 8.95. The SMILES string of the molecule is N#Cc1ccccc1C(=O)N1CC2CC2C1. The standard InChI is InChI=1S/C13H12N2O/c14-6-9-3-1-2-4-12(9)13(16)15-7-10-5-11(10)8-15/h1-4,10-11H,5,7-8H2. The molecule has 0 aromatic heterocycles. The van der Waals surface area contributed by atoms with Crippen molar-refractivity contribution in [3.05, 3.63) is 35.4 Å². The minimum absolute atomic E-state index is 0.0179. The van der Waals surface area contributed by atoms with Crippen LogP contribution in [0.1, 0.15) is 22.3 Å². The van der Waals surface area contributed by atoms with E-state index in [0.29, 0.717) is 11.1 Å². The Bertz CT molecular complexity index is 479. The molecule has 2 fully saturated rings. The maximum absolute atomic E-state index is 12.2.